The molecule has 0 bridgehead atoms. The second-order valence-electron chi connectivity index (χ2n) is 4.65. The van der Waals surface area contributed by atoms with Crippen LogP contribution in [0.25, 0.3) is 10.6 Å². The van der Waals surface area contributed by atoms with E-state index >= 15 is 0 Å². The minimum Gasteiger partial charge on any atom is -0.312 e. The van der Waals surface area contributed by atoms with Crippen LogP contribution in [0.5, 0.6) is 0 Å². The smallest absolute Gasteiger partial charge is 0.0965 e. The van der Waals surface area contributed by atoms with Crippen LogP contribution in [-0.2, 0) is 6.54 Å². The molecule has 0 fully saturated rings. The summed E-state index contributed by atoms with van der Waals surface area (Å²) in [4.78, 5) is 5.58. The van der Waals surface area contributed by atoms with Crippen molar-refractivity contribution in [1.29, 1.82) is 0 Å². The third-order valence-corrected chi connectivity index (χ3v) is 5.02. The van der Waals surface area contributed by atoms with E-state index in [2.05, 4.69) is 44.9 Å². The first-order valence-electron chi connectivity index (χ1n) is 6.51. The zero-order valence-electron chi connectivity index (χ0n) is 11.2. The number of hydrogen-bond donors (Lipinski definition) is 2. The molecule has 2 N–H and O–H groups in total. The van der Waals surface area contributed by atoms with Gasteiger partial charge in [0.1, 0.15) is 0 Å². The van der Waals surface area contributed by atoms with Gasteiger partial charge in [-0.2, -0.15) is 5.10 Å². The molecule has 3 aromatic heterocycles. The molecule has 0 saturated heterocycles. The summed E-state index contributed by atoms with van der Waals surface area (Å²) >= 11 is 3.44. The Hall–Kier alpha value is -1.50. The lowest BCUT2D eigenvalue weighted by molar-refractivity contribution is 0.613. The van der Waals surface area contributed by atoms with E-state index in [0.717, 1.165) is 18.8 Å². The molecule has 0 radical (unpaired) electrons. The summed E-state index contributed by atoms with van der Waals surface area (Å²) in [6.45, 7) is 3.93. The standard InChI is InChI=1S/C14H16N4S2/c1-10(14-16-4-6-20-14)7-15-8-11-9-17-18-13(11)12-3-2-5-19-12/h2-6,9-10,15H,7-8H2,1H3,(H,17,18). The topological polar surface area (TPSA) is 53.6 Å². The van der Waals surface area contributed by atoms with Crippen molar-refractivity contribution in [3.8, 4) is 10.6 Å². The summed E-state index contributed by atoms with van der Waals surface area (Å²) in [5.74, 6) is 0.437. The number of thiophene rings is 1. The predicted molar refractivity (Wildman–Crippen MR) is 84.1 cm³/mol. The van der Waals surface area contributed by atoms with Gasteiger partial charge in [-0.25, -0.2) is 4.98 Å². The molecule has 0 aromatic carbocycles. The van der Waals surface area contributed by atoms with E-state index < -0.39 is 0 Å². The van der Waals surface area contributed by atoms with E-state index in [1.165, 1.54) is 15.4 Å². The number of thiazole rings is 1. The lowest BCUT2D eigenvalue weighted by Gasteiger charge is -2.09. The average molecular weight is 304 g/mol. The number of aromatic nitrogens is 3. The van der Waals surface area contributed by atoms with Gasteiger partial charge in [0.2, 0.25) is 0 Å². The van der Waals surface area contributed by atoms with Crippen molar-refractivity contribution < 1.29 is 0 Å². The van der Waals surface area contributed by atoms with Crippen LogP contribution in [-0.4, -0.2) is 21.7 Å². The van der Waals surface area contributed by atoms with Crippen molar-refractivity contribution in [2.45, 2.75) is 19.4 Å². The molecule has 1 unspecified atom stereocenters. The molecule has 0 aliphatic heterocycles. The highest BCUT2D eigenvalue weighted by molar-refractivity contribution is 7.13. The van der Waals surface area contributed by atoms with E-state index in [-0.39, 0.29) is 0 Å². The molecule has 1 atom stereocenters. The fourth-order valence-electron chi connectivity index (χ4n) is 2.07. The number of nitrogens with one attached hydrogen (secondary N) is 2. The Balaban J connectivity index is 1.58. The Morgan fingerprint density at radius 1 is 1.35 bits per heavy atom. The molecule has 3 rings (SSSR count). The highest BCUT2D eigenvalue weighted by atomic mass is 32.1. The fourth-order valence-corrected chi connectivity index (χ4v) is 3.52. The molecule has 6 heteroatoms. The quantitative estimate of drug-likeness (QED) is 0.733. The summed E-state index contributed by atoms with van der Waals surface area (Å²) < 4.78 is 0. The molecule has 0 spiro atoms. The summed E-state index contributed by atoms with van der Waals surface area (Å²) in [5, 5.41) is 16.0. The molecule has 3 aromatic rings. The van der Waals surface area contributed by atoms with Crippen LogP contribution in [0.2, 0.25) is 0 Å². The Bertz CT molecular complexity index is 628. The van der Waals surface area contributed by atoms with Crippen molar-refractivity contribution >= 4 is 22.7 Å². The Kier molecular flexibility index (Phi) is 4.25. The summed E-state index contributed by atoms with van der Waals surface area (Å²) in [6.07, 6.45) is 3.76. The van der Waals surface area contributed by atoms with Crippen LogP contribution in [0.3, 0.4) is 0 Å². The van der Waals surface area contributed by atoms with Crippen LogP contribution in [0, 0.1) is 0 Å². The van der Waals surface area contributed by atoms with E-state index in [1.807, 2.05) is 17.8 Å². The van der Waals surface area contributed by atoms with E-state index in [4.69, 9.17) is 0 Å². The molecule has 4 nitrogen and oxygen atoms in total. The third kappa shape index (κ3) is 2.98. The molecular weight excluding hydrogens is 288 g/mol. The maximum absolute atomic E-state index is 4.35. The number of aromatic amines is 1. The summed E-state index contributed by atoms with van der Waals surface area (Å²) in [5.41, 5.74) is 2.33. The number of nitrogens with zero attached hydrogens (tertiary/aromatic N) is 2. The van der Waals surface area contributed by atoms with Crippen molar-refractivity contribution in [3.05, 3.63) is 45.9 Å². The van der Waals surface area contributed by atoms with Crippen molar-refractivity contribution in [1.82, 2.24) is 20.5 Å². The lowest BCUT2D eigenvalue weighted by atomic mass is 10.2. The van der Waals surface area contributed by atoms with Gasteiger partial charge in [0.25, 0.3) is 0 Å². The first kappa shape index (κ1) is 13.5. The van der Waals surface area contributed by atoms with Crippen molar-refractivity contribution in [2.24, 2.45) is 0 Å². The maximum Gasteiger partial charge on any atom is 0.0965 e. The van der Waals surface area contributed by atoms with Gasteiger partial charge in [0, 0.05) is 36.1 Å². The predicted octanol–water partition coefficient (Wildman–Crippen LogP) is 3.49. The van der Waals surface area contributed by atoms with Crippen molar-refractivity contribution in [2.75, 3.05) is 6.54 Å². The van der Waals surface area contributed by atoms with Crippen LogP contribution >= 0.6 is 22.7 Å². The normalized spacial score (nSPS) is 12.7. The minimum atomic E-state index is 0.437. The van der Waals surface area contributed by atoms with Crippen LogP contribution < -0.4 is 5.32 Å². The molecule has 0 saturated carbocycles. The summed E-state index contributed by atoms with van der Waals surface area (Å²) in [6, 6.07) is 4.17. The van der Waals surface area contributed by atoms with Gasteiger partial charge < -0.3 is 5.32 Å². The van der Waals surface area contributed by atoms with Gasteiger partial charge in [-0.3, -0.25) is 5.10 Å². The van der Waals surface area contributed by atoms with Crippen LogP contribution in [0.1, 0.15) is 23.4 Å². The van der Waals surface area contributed by atoms with Gasteiger partial charge in [0.15, 0.2) is 0 Å². The fraction of sp³-hybridized carbons (Fsp3) is 0.286. The minimum absolute atomic E-state index is 0.437. The SMILES string of the molecule is CC(CNCc1cn[nH]c1-c1cccs1)c1nccs1. The summed E-state index contributed by atoms with van der Waals surface area (Å²) in [7, 11) is 0. The Morgan fingerprint density at radius 3 is 3.05 bits per heavy atom. The molecule has 0 aliphatic rings. The molecule has 3 heterocycles. The van der Waals surface area contributed by atoms with Crippen LogP contribution in [0.4, 0.5) is 0 Å². The molecule has 20 heavy (non-hydrogen) atoms. The largest absolute Gasteiger partial charge is 0.312 e. The molecule has 104 valence electrons. The third-order valence-electron chi connectivity index (χ3n) is 3.12. The van der Waals surface area contributed by atoms with Crippen molar-refractivity contribution in [3.63, 3.8) is 0 Å². The Morgan fingerprint density at radius 2 is 2.30 bits per heavy atom. The van der Waals surface area contributed by atoms with Crippen LogP contribution in [0.15, 0.2) is 35.3 Å². The van der Waals surface area contributed by atoms with Gasteiger partial charge in [-0.1, -0.05) is 13.0 Å². The molecule has 0 aliphatic carbocycles. The van der Waals surface area contributed by atoms with Gasteiger partial charge in [-0.15, -0.1) is 22.7 Å². The number of hydrogen-bond acceptors (Lipinski definition) is 5. The highest BCUT2D eigenvalue weighted by Gasteiger charge is 2.10. The van der Waals surface area contributed by atoms with Gasteiger partial charge in [-0.05, 0) is 11.4 Å². The second kappa shape index (κ2) is 6.30. The Labute approximate surface area is 125 Å². The lowest BCUT2D eigenvalue weighted by Crippen LogP contribution is -2.19. The first-order chi connectivity index (χ1) is 9.84. The number of rotatable bonds is 6. The maximum atomic E-state index is 4.35. The van der Waals surface area contributed by atoms with E-state index in [1.54, 1.807) is 22.7 Å². The highest BCUT2D eigenvalue weighted by Crippen LogP contribution is 2.25. The van der Waals surface area contributed by atoms with E-state index in [0.29, 0.717) is 5.92 Å². The molecular formula is C14H16N4S2. The monoisotopic (exact) mass is 304 g/mol. The van der Waals surface area contributed by atoms with Gasteiger partial charge in [0.05, 0.1) is 21.8 Å². The van der Waals surface area contributed by atoms with Gasteiger partial charge >= 0.3 is 0 Å². The zero-order chi connectivity index (χ0) is 13.8. The first-order valence-corrected chi connectivity index (χ1v) is 8.26. The average Bonchev–Trinajstić information content (AvgIpc) is 3.20. The zero-order valence-corrected chi connectivity index (χ0v) is 12.8. The van der Waals surface area contributed by atoms with E-state index in [9.17, 15) is 0 Å². The second-order valence-corrected chi connectivity index (χ2v) is 6.52. The number of H-pyrrole nitrogens is 1. The molecule has 0 amide bonds.